The molecule has 1 amide bonds. The topological polar surface area (TPSA) is 43.3 Å². The molecule has 0 atom stereocenters. The predicted molar refractivity (Wildman–Crippen MR) is 66.2 cm³/mol. The highest BCUT2D eigenvalue weighted by Gasteiger charge is 2.19. The van der Waals surface area contributed by atoms with Crippen molar-refractivity contribution in [1.29, 1.82) is 0 Å². The molecule has 2 rings (SSSR count). The Kier molecular flexibility index (Phi) is 3.97. The van der Waals surface area contributed by atoms with E-state index in [0.29, 0.717) is 15.9 Å². The number of halogens is 2. The van der Waals surface area contributed by atoms with Crippen LogP contribution in [0.1, 0.15) is 36.2 Å². The van der Waals surface area contributed by atoms with E-state index in [9.17, 15) is 4.79 Å². The molecule has 0 aliphatic heterocycles. The normalized spacial score (nSPS) is 16.4. The van der Waals surface area contributed by atoms with Crippen LogP contribution in [0.15, 0.2) is 6.07 Å². The van der Waals surface area contributed by atoms with Gasteiger partial charge in [-0.2, -0.15) is 0 Å². The Bertz CT molecular complexity index is 425. The molecule has 1 aromatic rings. The molecule has 0 unspecified atom stereocenters. The summed E-state index contributed by atoms with van der Waals surface area (Å²) in [6, 6.07) is 1.53. The molecule has 17 heavy (non-hydrogen) atoms. The zero-order valence-electron chi connectivity index (χ0n) is 9.50. The van der Waals surface area contributed by atoms with Gasteiger partial charge in [0.15, 0.2) is 0 Å². The van der Waals surface area contributed by atoms with Crippen molar-refractivity contribution < 1.29 is 9.63 Å². The van der Waals surface area contributed by atoms with Gasteiger partial charge in [-0.1, -0.05) is 36.0 Å². The summed E-state index contributed by atoms with van der Waals surface area (Å²) in [5.41, 5.74) is 2.83. The van der Waals surface area contributed by atoms with Crippen LogP contribution in [0.25, 0.3) is 0 Å². The summed E-state index contributed by atoms with van der Waals surface area (Å²) < 4.78 is 1.53. The highest BCUT2D eigenvalue weighted by atomic mass is 35.5. The maximum atomic E-state index is 11.8. The number of hydrogen-bond donors (Lipinski definition) is 1. The Morgan fingerprint density at radius 3 is 2.65 bits per heavy atom. The Hall–Kier alpha value is -0.710. The van der Waals surface area contributed by atoms with Gasteiger partial charge >= 0.3 is 0 Å². The first kappa shape index (κ1) is 12.7. The second kappa shape index (κ2) is 5.29. The van der Waals surface area contributed by atoms with E-state index in [0.717, 1.165) is 25.7 Å². The zero-order chi connectivity index (χ0) is 12.4. The van der Waals surface area contributed by atoms with Crippen molar-refractivity contribution in [3.05, 3.63) is 21.9 Å². The quantitative estimate of drug-likeness (QED) is 0.863. The molecule has 1 heterocycles. The van der Waals surface area contributed by atoms with Crippen LogP contribution in [0.2, 0.25) is 10.2 Å². The van der Waals surface area contributed by atoms with Crippen LogP contribution in [0.3, 0.4) is 0 Å². The number of carbonyl (C=O) groups excluding carboxylic acids is 1. The molecule has 1 fully saturated rings. The zero-order valence-corrected chi connectivity index (χ0v) is 11.0. The van der Waals surface area contributed by atoms with Crippen molar-refractivity contribution in [1.82, 2.24) is 10.0 Å². The number of hydroxylamine groups is 1. The summed E-state index contributed by atoms with van der Waals surface area (Å²) in [4.78, 5) is 17.1. The number of carbonyl (C=O) groups is 1. The van der Waals surface area contributed by atoms with Gasteiger partial charge in [0.25, 0.3) is 5.91 Å². The number of amides is 1. The van der Waals surface area contributed by atoms with E-state index in [1.165, 1.54) is 10.6 Å². The number of hydrogen-bond acceptors (Lipinski definition) is 2. The van der Waals surface area contributed by atoms with Crippen molar-refractivity contribution in [2.45, 2.75) is 31.8 Å². The van der Waals surface area contributed by atoms with Crippen LogP contribution < -0.4 is 5.48 Å². The molecule has 0 radical (unpaired) electrons. The van der Waals surface area contributed by atoms with Gasteiger partial charge in [-0.15, -0.1) is 0 Å². The maximum absolute atomic E-state index is 11.8. The highest BCUT2D eigenvalue weighted by Crippen LogP contribution is 2.25. The van der Waals surface area contributed by atoms with Gasteiger partial charge in [-0.25, -0.2) is 5.48 Å². The van der Waals surface area contributed by atoms with Crippen LogP contribution in [-0.2, 0) is 11.9 Å². The van der Waals surface area contributed by atoms with Crippen LogP contribution in [0.5, 0.6) is 0 Å². The molecule has 94 valence electrons. The Labute approximate surface area is 110 Å². The first-order chi connectivity index (χ1) is 8.09. The van der Waals surface area contributed by atoms with Crippen molar-refractivity contribution >= 4 is 29.1 Å². The number of aromatic nitrogens is 1. The minimum atomic E-state index is -0.326. The third-order valence-corrected chi connectivity index (χ3v) is 3.81. The molecular formula is C11H14Cl2N2O2. The monoisotopic (exact) mass is 276 g/mol. The molecule has 1 saturated carbocycles. The molecule has 0 bridgehead atoms. The summed E-state index contributed by atoms with van der Waals surface area (Å²) in [7, 11) is 1.68. The minimum absolute atomic E-state index is 0.130. The summed E-state index contributed by atoms with van der Waals surface area (Å²) in [5, 5.41) is 0.706. The molecule has 1 aromatic heterocycles. The van der Waals surface area contributed by atoms with Crippen LogP contribution in [-0.4, -0.2) is 16.6 Å². The first-order valence-corrected chi connectivity index (χ1v) is 6.32. The fraction of sp³-hybridized carbons (Fsp3) is 0.545. The van der Waals surface area contributed by atoms with E-state index in [1.54, 1.807) is 7.05 Å². The van der Waals surface area contributed by atoms with Crippen LogP contribution in [0.4, 0.5) is 0 Å². The third-order valence-electron chi connectivity index (χ3n) is 2.97. The second-order valence-corrected chi connectivity index (χ2v) is 4.95. The number of nitrogens with zero attached hydrogens (tertiary/aromatic N) is 1. The second-order valence-electron chi connectivity index (χ2n) is 4.18. The van der Waals surface area contributed by atoms with Crippen molar-refractivity contribution in [3.8, 4) is 0 Å². The SMILES string of the molecule is Cn1c(C(=O)NOC2CCCC2)cc(Cl)c1Cl. The fourth-order valence-corrected chi connectivity index (χ4v) is 2.33. The lowest BCUT2D eigenvalue weighted by Gasteiger charge is -2.11. The Balaban J connectivity index is 1.96. The summed E-state index contributed by atoms with van der Waals surface area (Å²) in [6.07, 6.45) is 4.43. The van der Waals surface area contributed by atoms with Gasteiger partial charge in [0, 0.05) is 7.05 Å². The van der Waals surface area contributed by atoms with Gasteiger partial charge in [-0.3, -0.25) is 9.63 Å². The molecule has 0 saturated heterocycles. The fourth-order valence-electron chi connectivity index (χ4n) is 1.96. The smallest absolute Gasteiger partial charge is 0.291 e. The largest absolute Gasteiger partial charge is 0.329 e. The van der Waals surface area contributed by atoms with Crippen molar-refractivity contribution in [2.24, 2.45) is 7.05 Å². The molecule has 0 spiro atoms. The lowest BCUT2D eigenvalue weighted by Crippen LogP contribution is -2.29. The van der Waals surface area contributed by atoms with Gasteiger partial charge in [0.2, 0.25) is 0 Å². The number of rotatable bonds is 3. The maximum Gasteiger partial charge on any atom is 0.291 e. The number of nitrogens with one attached hydrogen (secondary N) is 1. The van der Waals surface area contributed by atoms with E-state index >= 15 is 0 Å². The molecular weight excluding hydrogens is 263 g/mol. The third kappa shape index (κ3) is 2.76. The lowest BCUT2D eigenvalue weighted by molar-refractivity contribution is -0.0129. The van der Waals surface area contributed by atoms with Crippen LogP contribution >= 0.6 is 23.2 Å². The standard InChI is InChI=1S/C11H14Cl2N2O2/c1-15-9(6-8(12)10(15)13)11(16)14-17-7-4-2-3-5-7/h6-7H,2-5H2,1H3,(H,14,16). The molecule has 1 aliphatic rings. The Morgan fingerprint density at radius 2 is 2.12 bits per heavy atom. The van der Waals surface area contributed by atoms with Crippen molar-refractivity contribution in [3.63, 3.8) is 0 Å². The van der Waals surface area contributed by atoms with Gasteiger partial charge in [0.1, 0.15) is 10.8 Å². The molecule has 1 N–H and O–H groups in total. The van der Waals surface area contributed by atoms with E-state index < -0.39 is 0 Å². The molecule has 4 nitrogen and oxygen atoms in total. The molecule has 0 aromatic carbocycles. The van der Waals surface area contributed by atoms with E-state index in [4.69, 9.17) is 28.0 Å². The highest BCUT2D eigenvalue weighted by molar-refractivity contribution is 6.41. The van der Waals surface area contributed by atoms with Crippen LogP contribution in [0, 0.1) is 0 Å². The predicted octanol–water partition coefficient (Wildman–Crippen LogP) is 2.94. The molecule has 1 aliphatic carbocycles. The summed E-state index contributed by atoms with van der Waals surface area (Å²) in [5.74, 6) is -0.326. The van der Waals surface area contributed by atoms with Gasteiger partial charge in [0.05, 0.1) is 11.1 Å². The minimum Gasteiger partial charge on any atom is -0.329 e. The molecule has 6 heteroatoms. The lowest BCUT2D eigenvalue weighted by atomic mass is 10.3. The first-order valence-electron chi connectivity index (χ1n) is 5.56. The van der Waals surface area contributed by atoms with Gasteiger partial charge < -0.3 is 4.57 Å². The average Bonchev–Trinajstić information content (AvgIpc) is 2.91. The van der Waals surface area contributed by atoms with Gasteiger partial charge in [-0.05, 0) is 18.9 Å². The Morgan fingerprint density at radius 1 is 1.47 bits per heavy atom. The van der Waals surface area contributed by atoms with Crippen molar-refractivity contribution in [2.75, 3.05) is 0 Å². The summed E-state index contributed by atoms with van der Waals surface area (Å²) in [6.45, 7) is 0. The average molecular weight is 277 g/mol. The van der Waals surface area contributed by atoms with E-state index in [-0.39, 0.29) is 12.0 Å². The van der Waals surface area contributed by atoms with E-state index in [1.807, 2.05) is 0 Å². The van der Waals surface area contributed by atoms with E-state index in [2.05, 4.69) is 5.48 Å². The summed E-state index contributed by atoms with van der Waals surface area (Å²) >= 11 is 11.7.